The zero-order chi connectivity index (χ0) is 9.97. The van der Waals surface area contributed by atoms with Crippen molar-refractivity contribution in [2.24, 2.45) is 0 Å². The Labute approximate surface area is 95.1 Å². The molecule has 0 radical (unpaired) electrons. The fourth-order valence-electron chi connectivity index (χ4n) is 1.10. The molecule has 1 aromatic carbocycles. The quantitative estimate of drug-likeness (QED) is 0.791. The van der Waals surface area contributed by atoms with E-state index in [4.69, 9.17) is 11.6 Å². The lowest BCUT2D eigenvalue weighted by Gasteiger charge is -2.00. The molecule has 0 spiro atoms. The van der Waals surface area contributed by atoms with Crippen LogP contribution in [0, 0.1) is 0 Å². The SMILES string of the molecule is Clc1ncc(-c2ccccc2)nc1Br. The Bertz CT molecular complexity index is 445. The smallest absolute Gasteiger partial charge is 0.161 e. The van der Waals surface area contributed by atoms with E-state index in [2.05, 4.69) is 25.9 Å². The van der Waals surface area contributed by atoms with E-state index in [0.29, 0.717) is 9.76 Å². The van der Waals surface area contributed by atoms with Gasteiger partial charge in [-0.25, -0.2) is 9.97 Å². The van der Waals surface area contributed by atoms with E-state index >= 15 is 0 Å². The highest BCUT2D eigenvalue weighted by Gasteiger charge is 2.03. The summed E-state index contributed by atoms with van der Waals surface area (Å²) in [4.78, 5) is 8.28. The zero-order valence-corrected chi connectivity index (χ0v) is 9.46. The topological polar surface area (TPSA) is 25.8 Å². The molecule has 14 heavy (non-hydrogen) atoms. The molecule has 0 saturated carbocycles. The Hall–Kier alpha value is -0.930. The van der Waals surface area contributed by atoms with Gasteiger partial charge in [-0.3, -0.25) is 0 Å². The minimum Gasteiger partial charge on any atom is -0.239 e. The van der Waals surface area contributed by atoms with Crippen molar-refractivity contribution in [3.8, 4) is 11.3 Å². The summed E-state index contributed by atoms with van der Waals surface area (Å²) in [6.07, 6.45) is 1.66. The van der Waals surface area contributed by atoms with Crippen molar-refractivity contribution in [2.45, 2.75) is 0 Å². The summed E-state index contributed by atoms with van der Waals surface area (Å²) in [5, 5.41) is 0.379. The van der Waals surface area contributed by atoms with E-state index < -0.39 is 0 Å². The van der Waals surface area contributed by atoms with E-state index in [1.54, 1.807) is 6.20 Å². The van der Waals surface area contributed by atoms with Gasteiger partial charge in [0.15, 0.2) is 5.15 Å². The second-order valence-electron chi connectivity index (χ2n) is 2.70. The van der Waals surface area contributed by atoms with E-state index in [-0.39, 0.29) is 0 Å². The summed E-state index contributed by atoms with van der Waals surface area (Å²) in [6.45, 7) is 0. The number of hydrogen-bond acceptors (Lipinski definition) is 2. The van der Waals surface area contributed by atoms with Gasteiger partial charge in [0.2, 0.25) is 0 Å². The Morgan fingerprint density at radius 3 is 2.50 bits per heavy atom. The fraction of sp³-hybridized carbons (Fsp3) is 0. The lowest BCUT2D eigenvalue weighted by atomic mass is 10.2. The molecule has 0 fully saturated rings. The third-order valence-electron chi connectivity index (χ3n) is 1.76. The zero-order valence-electron chi connectivity index (χ0n) is 7.11. The van der Waals surface area contributed by atoms with Crippen LogP contribution in [0.15, 0.2) is 41.1 Å². The molecular formula is C10H6BrClN2. The highest BCUT2D eigenvalue weighted by molar-refractivity contribution is 9.10. The molecule has 0 N–H and O–H groups in total. The minimum absolute atomic E-state index is 0.379. The first-order chi connectivity index (χ1) is 6.77. The molecule has 0 saturated heterocycles. The molecule has 4 heteroatoms. The predicted octanol–water partition coefficient (Wildman–Crippen LogP) is 3.56. The van der Waals surface area contributed by atoms with Crippen LogP contribution in [0.1, 0.15) is 0 Å². The van der Waals surface area contributed by atoms with Crippen LogP contribution >= 0.6 is 27.5 Å². The summed E-state index contributed by atoms with van der Waals surface area (Å²) >= 11 is 8.99. The van der Waals surface area contributed by atoms with E-state index in [0.717, 1.165) is 11.3 Å². The second-order valence-corrected chi connectivity index (χ2v) is 3.81. The summed E-state index contributed by atoms with van der Waals surface area (Å²) in [5.74, 6) is 0. The largest absolute Gasteiger partial charge is 0.239 e. The van der Waals surface area contributed by atoms with Crippen LogP contribution in [0.2, 0.25) is 5.15 Å². The third-order valence-corrected chi connectivity index (χ3v) is 2.82. The van der Waals surface area contributed by atoms with Crippen LogP contribution in [0.4, 0.5) is 0 Å². The third kappa shape index (κ3) is 1.94. The lowest BCUT2D eigenvalue weighted by Crippen LogP contribution is -1.87. The normalized spacial score (nSPS) is 10.1. The molecule has 1 aromatic heterocycles. The van der Waals surface area contributed by atoms with Gasteiger partial charge in [0.25, 0.3) is 0 Å². The van der Waals surface area contributed by atoms with E-state index in [1.165, 1.54) is 0 Å². The fourth-order valence-corrected chi connectivity index (χ4v) is 1.48. The van der Waals surface area contributed by atoms with Gasteiger partial charge in [-0.15, -0.1) is 0 Å². The van der Waals surface area contributed by atoms with Gasteiger partial charge >= 0.3 is 0 Å². The average Bonchev–Trinajstić information content (AvgIpc) is 2.23. The maximum Gasteiger partial charge on any atom is 0.161 e. The molecule has 0 aliphatic carbocycles. The Morgan fingerprint density at radius 2 is 1.86 bits per heavy atom. The molecule has 2 rings (SSSR count). The van der Waals surface area contributed by atoms with Crippen LogP contribution in [0.3, 0.4) is 0 Å². The van der Waals surface area contributed by atoms with Crippen LogP contribution < -0.4 is 0 Å². The summed E-state index contributed by atoms with van der Waals surface area (Å²) in [6, 6.07) is 9.83. The average molecular weight is 270 g/mol. The molecule has 1 heterocycles. The molecule has 0 bridgehead atoms. The number of aromatic nitrogens is 2. The summed E-state index contributed by atoms with van der Waals surface area (Å²) in [7, 11) is 0. The van der Waals surface area contributed by atoms with Gasteiger partial charge in [0.1, 0.15) is 4.60 Å². The highest BCUT2D eigenvalue weighted by atomic mass is 79.9. The van der Waals surface area contributed by atoms with Gasteiger partial charge in [0, 0.05) is 5.56 Å². The molecule has 0 amide bonds. The lowest BCUT2D eigenvalue weighted by molar-refractivity contribution is 1.17. The number of halogens is 2. The Morgan fingerprint density at radius 1 is 1.14 bits per heavy atom. The van der Waals surface area contributed by atoms with Crippen LogP contribution in [0.5, 0.6) is 0 Å². The van der Waals surface area contributed by atoms with Gasteiger partial charge in [-0.1, -0.05) is 41.9 Å². The molecule has 0 atom stereocenters. The maximum absolute atomic E-state index is 5.75. The monoisotopic (exact) mass is 268 g/mol. The molecule has 2 aromatic rings. The summed E-state index contributed by atoms with van der Waals surface area (Å²) < 4.78 is 0.570. The minimum atomic E-state index is 0.379. The summed E-state index contributed by atoms with van der Waals surface area (Å²) in [5.41, 5.74) is 1.83. The Balaban J connectivity index is 2.48. The first kappa shape index (κ1) is 9.62. The van der Waals surface area contributed by atoms with Crippen molar-refractivity contribution in [3.05, 3.63) is 46.3 Å². The standard InChI is InChI=1S/C10H6BrClN2/c11-9-10(12)13-6-8(14-9)7-4-2-1-3-5-7/h1-6H. The first-order valence-electron chi connectivity index (χ1n) is 4.01. The van der Waals surface area contributed by atoms with Gasteiger partial charge in [0.05, 0.1) is 11.9 Å². The predicted molar refractivity (Wildman–Crippen MR) is 60.2 cm³/mol. The number of benzene rings is 1. The van der Waals surface area contributed by atoms with Crippen molar-refractivity contribution < 1.29 is 0 Å². The van der Waals surface area contributed by atoms with Gasteiger partial charge in [-0.05, 0) is 15.9 Å². The van der Waals surface area contributed by atoms with Crippen LogP contribution in [-0.4, -0.2) is 9.97 Å². The number of nitrogens with zero attached hydrogens (tertiary/aromatic N) is 2. The number of hydrogen-bond donors (Lipinski definition) is 0. The van der Waals surface area contributed by atoms with Crippen molar-refractivity contribution in [3.63, 3.8) is 0 Å². The van der Waals surface area contributed by atoms with E-state index in [9.17, 15) is 0 Å². The molecule has 0 unspecified atom stereocenters. The van der Waals surface area contributed by atoms with E-state index in [1.807, 2.05) is 30.3 Å². The van der Waals surface area contributed by atoms with Crippen molar-refractivity contribution >= 4 is 27.5 Å². The second kappa shape index (κ2) is 4.07. The number of rotatable bonds is 1. The van der Waals surface area contributed by atoms with Gasteiger partial charge in [-0.2, -0.15) is 0 Å². The van der Waals surface area contributed by atoms with Gasteiger partial charge < -0.3 is 0 Å². The van der Waals surface area contributed by atoms with Crippen molar-refractivity contribution in [2.75, 3.05) is 0 Å². The Kier molecular flexibility index (Phi) is 2.79. The maximum atomic E-state index is 5.75. The first-order valence-corrected chi connectivity index (χ1v) is 5.18. The molecular weight excluding hydrogens is 263 g/mol. The van der Waals surface area contributed by atoms with Crippen LogP contribution in [-0.2, 0) is 0 Å². The molecule has 0 aliphatic heterocycles. The van der Waals surface area contributed by atoms with Crippen molar-refractivity contribution in [1.29, 1.82) is 0 Å². The van der Waals surface area contributed by atoms with Crippen LogP contribution in [0.25, 0.3) is 11.3 Å². The van der Waals surface area contributed by atoms with Crippen molar-refractivity contribution in [1.82, 2.24) is 9.97 Å². The molecule has 0 aliphatic rings. The highest BCUT2D eigenvalue weighted by Crippen LogP contribution is 2.22. The molecule has 70 valence electrons. The molecule has 2 nitrogen and oxygen atoms in total.